The fourth-order valence-electron chi connectivity index (χ4n) is 3.23. The molecule has 1 amide bonds. The molecule has 0 aliphatic carbocycles. The van der Waals surface area contributed by atoms with E-state index in [4.69, 9.17) is 10.5 Å². The Morgan fingerprint density at radius 3 is 2.87 bits per heavy atom. The maximum Gasteiger partial charge on any atom is 0.254 e. The number of carbonyl (C=O) groups excluding carboxylic acids is 1. The second-order valence-corrected chi connectivity index (χ2v) is 6.01. The summed E-state index contributed by atoms with van der Waals surface area (Å²) in [7, 11) is 1.66. The lowest BCUT2D eigenvalue weighted by molar-refractivity contribution is 0.0735. The quantitative estimate of drug-likeness (QED) is 0.882. The Balaban J connectivity index is 1.91. The fraction of sp³-hybridized carbons (Fsp3) is 0.316. The van der Waals surface area contributed by atoms with Crippen molar-refractivity contribution in [3.63, 3.8) is 0 Å². The van der Waals surface area contributed by atoms with Crippen molar-refractivity contribution in [3.05, 3.63) is 59.2 Å². The molecule has 0 radical (unpaired) electrons. The van der Waals surface area contributed by atoms with Crippen molar-refractivity contribution in [2.75, 3.05) is 19.4 Å². The summed E-state index contributed by atoms with van der Waals surface area (Å²) in [5, 5.41) is 0. The Morgan fingerprint density at radius 1 is 1.26 bits per heavy atom. The number of nitrogens with zero attached hydrogens (tertiary/aromatic N) is 1. The Labute approximate surface area is 136 Å². The molecule has 0 aromatic heterocycles. The molecule has 1 heterocycles. The first-order chi connectivity index (χ1) is 11.1. The summed E-state index contributed by atoms with van der Waals surface area (Å²) in [4.78, 5) is 15.0. The Hall–Kier alpha value is -2.49. The lowest BCUT2D eigenvalue weighted by Crippen LogP contribution is -2.31. The molecule has 1 fully saturated rings. The number of nitrogen functional groups attached to an aromatic ring is 1. The molecule has 2 aromatic carbocycles. The normalized spacial score (nSPS) is 17.3. The fourth-order valence-corrected chi connectivity index (χ4v) is 3.23. The summed E-state index contributed by atoms with van der Waals surface area (Å²) in [6, 6.07) is 13.6. The monoisotopic (exact) mass is 310 g/mol. The van der Waals surface area contributed by atoms with Gasteiger partial charge in [0, 0.05) is 17.8 Å². The van der Waals surface area contributed by atoms with Crippen LogP contribution in [0.2, 0.25) is 0 Å². The van der Waals surface area contributed by atoms with Gasteiger partial charge in [-0.05, 0) is 55.2 Å². The molecule has 1 aliphatic heterocycles. The minimum absolute atomic E-state index is 0.0557. The first-order valence-corrected chi connectivity index (χ1v) is 7.91. The lowest BCUT2D eigenvalue weighted by atomic mass is 10.0. The van der Waals surface area contributed by atoms with Crippen LogP contribution in [-0.4, -0.2) is 24.5 Å². The average Bonchev–Trinajstić information content (AvgIpc) is 3.06. The van der Waals surface area contributed by atoms with Gasteiger partial charge in [0.25, 0.3) is 5.91 Å². The molecule has 2 N–H and O–H groups in total. The minimum Gasteiger partial charge on any atom is -0.497 e. The largest absolute Gasteiger partial charge is 0.497 e. The molecule has 1 saturated heterocycles. The van der Waals surface area contributed by atoms with Gasteiger partial charge in [-0.15, -0.1) is 0 Å². The van der Waals surface area contributed by atoms with Crippen molar-refractivity contribution in [2.24, 2.45) is 0 Å². The second kappa shape index (κ2) is 6.32. The van der Waals surface area contributed by atoms with Crippen LogP contribution in [0.4, 0.5) is 5.69 Å². The molecule has 0 bridgehead atoms. The molecular weight excluding hydrogens is 288 g/mol. The Kier molecular flexibility index (Phi) is 4.24. The highest BCUT2D eigenvalue weighted by Crippen LogP contribution is 2.35. The van der Waals surface area contributed by atoms with Crippen LogP contribution in [0.3, 0.4) is 0 Å². The number of nitrogens with two attached hydrogens (primary N) is 1. The summed E-state index contributed by atoms with van der Waals surface area (Å²) >= 11 is 0. The number of hydrogen-bond acceptors (Lipinski definition) is 3. The number of methoxy groups -OCH3 is 1. The molecule has 120 valence electrons. The van der Waals surface area contributed by atoms with Crippen LogP contribution < -0.4 is 10.5 Å². The van der Waals surface area contributed by atoms with Crippen LogP contribution in [0.5, 0.6) is 5.75 Å². The van der Waals surface area contributed by atoms with Gasteiger partial charge in [0.2, 0.25) is 0 Å². The van der Waals surface area contributed by atoms with Gasteiger partial charge in [-0.3, -0.25) is 4.79 Å². The van der Waals surface area contributed by atoms with E-state index in [0.29, 0.717) is 11.3 Å². The molecule has 1 atom stereocenters. The van der Waals surface area contributed by atoms with Gasteiger partial charge < -0.3 is 15.4 Å². The van der Waals surface area contributed by atoms with Crippen molar-refractivity contribution >= 4 is 11.6 Å². The minimum atomic E-state index is 0.0557. The number of benzene rings is 2. The smallest absolute Gasteiger partial charge is 0.254 e. The van der Waals surface area contributed by atoms with Crippen molar-refractivity contribution in [3.8, 4) is 5.75 Å². The predicted octanol–water partition coefficient (Wildman–Crippen LogP) is 3.56. The van der Waals surface area contributed by atoms with Crippen LogP contribution in [0, 0.1) is 6.92 Å². The van der Waals surface area contributed by atoms with E-state index in [2.05, 4.69) is 6.07 Å². The Bertz CT molecular complexity index is 727. The zero-order valence-corrected chi connectivity index (χ0v) is 13.6. The number of carbonyl (C=O) groups is 1. The number of anilines is 1. The first-order valence-electron chi connectivity index (χ1n) is 7.91. The number of hydrogen-bond donors (Lipinski definition) is 1. The number of likely N-dealkylation sites (tertiary alicyclic amines) is 1. The van der Waals surface area contributed by atoms with Crippen molar-refractivity contribution < 1.29 is 9.53 Å². The van der Waals surface area contributed by atoms with Crippen LogP contribution in [0.1, 0.15) is 40.4 Å². The highest BCUT2D eigenvalue weighted by atomic mass is 16.5. The predicted molar refractivity (Wildman–Crippen MR) is 91.6 cm³/mol. The summed E-state index contributed by atoms with van der Waals surface area (Å²) in [5.41, 5.74) is 9.26. The van der Waals surface area contributed by atoms with E-state index in [1.807, 2.05) is 42.2 Å². The maximum atomic E-state index is 13.0. The van der Waals surface area contributed by atoms with Gasteiger partial charge in [0.15, 0.2) is 0 Å². The van der Waals surface area contributed by atoms with E-state index in [9.17, 15) is 4.79 Å². The molecule has 1 unspecified atom stereocenters. The molecule has 0 spiro atoms. The van der Waals surface area contributed by atoms with Crippen LogP contribution in [-0.2, 0) is 0 Å². The lowest BCUT2D eigenvalue weighted by Gasteiger charge is -2.26. The highest BCUT2D eigenvalue weighted by Gasteiger charge is 2.31. The van der Waals surface area contributed by atoms with Crippen LogP contribution in [0.25, 0.3) is 0 Å². The van der Waals surface area contributed by atoms with E-state index >= 15 is 0 Å². The summed E-state index contributed by atoms with van der Waals surface area (Å²) < 4.78 is 5.31. The second-order valence-electron chi connectivity index (χ2n) is 6.01. The number of aryl methyl sites for hydroxylation is 1. The number of ether oxygens (including phenoxy) is 1. The van der Waals surface area contributed by atoms with E-state index in [0.717, 1.165) is 36.3 Å². The summed E-state index contributed by atoms with van der Waals surface area (Å²) in [6.45, 7) is 2.72. The van der Waals surface area contributed by atoms with Crippen LogP contribution in [0.15, 0.2) is 42.5 Å². The summed E-state index contributed by atoms with van der Waals surface area (Å²) in [5.74, 6) is 0.877. The van der Waals surface area contributed by atoms with E-state index < -0.39 is 0 Å². The Morgan fingerprint density at radius 2 is 2.09 bits per heavy atom. The molecule has 4 nitrogen and oxygen atoms in total. The molecule has 4 heteroatoms. The van der Waals surface area contributed by atoms with Gasteiger partial charge >= 0.3 is 0 Å². The third-order valence-corrected chi connectivity index (χ3v) is 4.48. The van der Waals surface area contributed by atoms with Crippen LogP contribution >= 0.6 is 0 Å². The topological polar surface area (TPSA) is 55.6 Å². The molecule has 3 rings (SSSR count). The van der Waals surface area contributed by atoms with Crippen molar-refractivity contribution in [2.45, 2.75) is 25.8 Å². The third kappa shape index (κ3) is 3.02. The van der Waals surface area contributed by atoms with Gasteiger partial charge in [0.1, 0.15) is 5.75 Å². The SMILES string of the molecule is COc1cccc(C2CCCN2C(=O)c2cc(N)ccc2C)c1. The van der Waals surface area contributed by atoms with Gasteiger partial charge in [0.05, 0.1) is 13.2 Å². The van der Waals surface area contributed by atoms with Gasteiger partial charge in [-0.1, -0.05) is 18.2 Å². The highest BCUT2D eigenvalue weighted by molar-refractivity contribution is 5.97. The van der Waals surface area contributed by atoms with Crippen molar-refractivity contribution in [1.29, 1.82) is 0 Å². The van der Waals surface area contributed by atoms with E-state index in [-0.39, 0.29) is 11.9 Å². The maximum absolute atomic E-state index is 13.0. The zero-order valence-electron chi connectivity index (χ0n) is 13.6. The van der Waals surface area contributed by atoms with E-state index in [1.165, 1.54) is 0 Å². The molecule has 2 aromatic rings. The van der Waals surface area contributed by atoms with Gasteiger partial charge in [-0.25, -0.2) is 0 Å². The molecule has 0 saturated carbocycles. The van der Waals surface area contributed by atoms with Crippen molar-refractivity contribution in [1.82, 2.24) is 4.90 Å². The average molecular weight is 310 g/mol. The summed E-state index contributed by atoms with van der Waals surface area (Å²) in [6.07, 6.45) is 1.98. The zero-order chi connectivity index (χ0) is 16.4. The third-order valence-electron chi connectivity index (χ3n) is 4.48. The molecular formula is C19H22N2O2. The molecule has 1 aliphatic rings. The first kappa shape index (κ1) is 15.4. The number of amides is 1. The van der Waals surface area contributed by atoms with Gasteiger partial charge in [-0.2, -0.15) is 0 Å². The number of rotatable bonds is 3. The molecule has 23 heavy (non-hydrogen) atoms. The standard InChI is InChI=1S/C19H22N2O2/c1-13-8-9-15(20)12-17(13)19(22)21-10-4-7-18(21)14-5-3-6-16(11-14)23-2/h3,5-6,8-9,11-12,18H,4,7,10,20H2,1-2H3. The van der Waals surface area contributed by atoms with E-state index in [1.54, 1.807) is 13.2 Å².